The average Bonchev–Trinajstić information content (AvgIpc) is 2.77. The van der Waals surface area contributed by atoms with Gasteiger partial charge in [0.05, 0.1) is 17.3 Å². The van der Waals surface area contributed by atoms with Crippen LogP contribution in [0.3, 0.4) is 0 Å². The van der Waals surface area contributed by atoms with E-state index >= 15 is 0 Å². The molecule has 0 fully saturated rings. The number of anilines is 3. The second kappa shape index (κ2) is 8.99. The van der Waals surface area contributed by atoms with E-state index in [0.717, 1.165) is 5.56 Å². The lowest BCUT2D eigenvalue weighted by Gasteiger charge is -2.20. The molecule has 0 saturated carbocycles. The Morgan fingerprint density at radius 2 is 1.67 bits per heavy atom. The lowest BCUT2D eigenvalue weighted by atomic mass is 10.0. The van der Waals surface area contributed by atoms with Crippen LogP contribution >= 0.6 is 0 Å². The maximum Gasteiger partial charge on any atom is 0.288 e. The number of phenolic OH excluding ortho intramolecular Hbond substituents is 1. The number of hydrogen-bond acceptors (Lipinski definition) is 6. The van der Waals surface area contributed by atoms with Gasteiger partial charge in [-0.2, -0.15) is 0 Å². The number of para-hydroxylation sites is 1. The molecule has 0 aliphatic carbocycles. The van der Waals surface area contributed by atoms with Crippen molar-refractivity contribution < 1.29 is 9.90 Å². The first kappa shape index (κ1) is 20.7. The monoisotopic (exact) mass is 409 g/mol. The minimum absolute atomic E-state index is 0.0270. The van der Waals surface area contributed by atoms with Crippen molar-refractivity contribution in [2.45, 2.75) is 19.4 Å². The van der Waals surface area contributed by atoms with Crippen LogP contribution in [0.2, 0.25) is 0 Å². The summed E-state index contributed by atoms with van der Waals surface area (Å²) in [6.45, 7) is 1.96. The third-order valence-corrected chi connectivity index (χ3v) is 4.69. The van der Waals surface area contributed by atoms with Crippen LogP contribution in [0.25, 0.3) is 0 Å². The zero-order chi connectivity index (χ0) is 21.7. The Kier molecular flexibility index (Phi) is 6.21. The number of aromatic nitrogens is 2. The van der Waals surface area contributed by atoms with Crippen molar-refractivity contribution in [3.05, 3.63) is 80.4 Å². The summed E-state index contributed by atoms with van der Waals surface area (Å²) in [5, 5.41) is 23.4. The van der Waals surface area contributed by atoms with Gasteiger partial charge in [-0.25, -0.2) is 0 Å². The SMILES string of the molecule is CC[C@@H](Nc1c(Nc2cccc(C(=O)NC)c2O)c(=O)[nH][nH]c1=O)c1ccccc1. The van der Waals surface area contributed by atoms with Crippen LogP contribution in [0, 0.1) is 0 Å². The third kappa shape index (κ3) is 4.19. The molecule has 0 unspecified atom stereocenters. The molecule has 0 bridgehead atoms. The van der Waals surface area contributed by atoms with Gasteiger partial charge in [0, 0.05) is 7.05 Å². The Hall–Kier alpha value is -4.01. The number of rotatable bonds is 7. The van der Waals surface area contributed by atoms with Crippen molar-refractivity contribution in [3.8, 4) is 5.75 Å². The van der Waals surface area contributed by atoms with Gasteiger partial charge in [0.1, 0.15) is 11.4 Å². The van der Waals surface area contributed by atoms with E-state index < -0.39 is 17.0 Å². The molecule has 3 rings (SSSR count). The number of nitrogens with one attached hydrogen (secondary N) is 5. The molecule has 9 heteroatoms. The average molecular weight is 409 g/mol. The summed E-state index contributed by atoms with van der Waals surface area (Å²) in [4.78, 5) is 37.0. The molecule has 0 spiro atoms. The van der Waals surface area contributed by atoms with Gasteiger partial charge in [-0.1, -0.05) is 43.3 Å². The van der Waals surface area contributed by atoms with Crippen molar-refractivity contribution in [1.82, 2.24) is 15.5 Å². The molecule has 1 amide bonds. The first-order valence-electron chi connectivity index (χ1n) is 9.43. The van der Waals surface area contributed by atoms with Crippen LogP contribution in [0.4, 0.5) is 17.1 Å². The predicted molar refractivity (Wildman–Crippen MR) is 116 cm³/mol. The summed E-state index contributed by atoms with van der Waals surface area (Å²) in [7, 11) is 1.44. The summed E-state index contributed by atoms with van der Waals surface area (Å²) >= 11 is 0. The van der Waals surface area contributed by atoms with Gasteiger partial charge < -0.3 is 21.1 Å². The van der Waals surface area contributed by atoms with Gasteiger partial charge in [-0.15, -0.1) is 0 Å². The molecule has 30 heavy (non-hydrogen) atoms. The zero-order valence-corrected chi connectivity index (χ0v) is 16.6. The van der Waals surface area contributed by atoms with Crippen molar-refractivity contribution >= 4 is 23.0 Å². The molecular formula is C21H23N5O4. The van der Waals surface area contributed by atoms with Crippen LogP contribution in [-0.4, -0.2) is 28.3 Å². The fourth-order valence-corrected chi connectivity index (χ4v) is 3.10. The van der Waals surface area contributed by atoms with Gasteiger partial charge in [-0.3, -0.25) is 24.6 Å². The highest BCUT2D eigenvalue weighted by Crippen LogP contribution is 2.31. The lowest BCUT2D eigenvalue weighted by molar-refractivity contribution is 0.0960. The van der Waals surface area contributed by atoms with Crippen molar-refractivity contribution in [2.24, 2.45) is 0 Å². The Morgan fingerprint density at radius 1 is 1.00 bits per heavy atom. The largest absolute Gasteiger partial charge is 0.505 e. The van der Waals surface area contributed by atoms with Crippen molar-refractivity contribution in [3.63, 3.8) is 0 Å². The number of aromatic amines is 2. The highest BCUT2D eigenvalue weighted by molar-refractivity contribution is 5.99. The molecule has 1 atom stereocenters. The standard InChI is InChI=1S/C21H23N5O4/c1-3-14(12-8-5-4-6-9-12)23-16-17(21(30)26-25-20(16)29)24-15-11-7-10-13(18(15)27)19(28)22-2/h4-11,14,27H,3H2,1-2H3,(H,22,28)(H2,23,26,30)(H2,24,25,29)/t14-/m1/s1. The number of carbonyl (C=O) groups is 1. The molecule has 1 aromatic heterocycles. The predicted octanol–water partition coefficient (Wildman–Crippen LogP) is 2.44. The van der Waals surface area contributed by atoms with Gasteiger partial charge in [0.25, 0.3) is 17.0 Å². The van der Waals surface area contributed by atoms with Gasteiger partial charge in [0.15, 0.2) is 5.75 Å². The molecule has 9 nitrogen and oxygen atoms in total. The van der Waals surface area contributed by atoms with Crippen molar-refractivity contribution in [2.75, 3.05) is 17.7 Å². The van der Waals surface area contributed by atoms with Crippen molar-refractivity contribution in [1.29, 1.82) is 0 Å². The highest BCUT2D eigenvalue weighted by Gasteiger charge is 2.19. The Bertz CT molecular complexity index is 1150. The van der Waals surface area contributed by atoms with Gasteiger partial charge in [-0.05, 0) is 24.1 Å². The maximum atomic E-state index is 12.5. The molecule has 0 aliphatic heterocycles. The van der Waals surface area contributed by atoms with E-state index in [9.17, 15) is 19.5 Å². The first-order chi connectivity index (χ1) is 14.5. The molecule has 2 aromatic carbocycles. The smallest absolute Gasteiger partial charge is 0.288 e. The van der Waals surface area contributed by atoms with E-state index in [1.54, 1.807) is 6.07 Å². The first-order valence-corrected chi connectivity index (χ1v) is 9.43. The minimum atomic E-state index is -0.593. The van der Waals surface area contributed by atoms with Crippen LogP contribution < -0.4 is 27.1 Å². The number of carbonyl (C=O) groups excluding carboxylic acids is 1. The molecule has 0 aliphatic rings. The van der Waals surface area contributed by atoms with E-state index in [4.69, 9.17) is 0 Å². The van der Waals surface area contributed by atoms with E-state index in [1.807, 2.05) is 37.3 Å². The molecule has 6 N–H and O–H groups in total. The number of aromatic hydroxyl groups is 1. The Morgan fingerprint density at radius 3 is 2.30 bits per heavy atom. The van der Waals surface area contributed by atoms with Gasteiger partial charge in [0.2, 0.25) is 0 Å². The fraction of sp³-hybridized carbons (Fsp3) is 0.190. The summed E-state index contributed by atoms with van der Waals surface area (Å²) in [5.41, 5.74) is -0.0676. The van der Waals surface area contributed by atoms with E-state index in [2.05, 4.69) is 26.1 Å². The second-order valence-electron chi connectivity index (χ2n) is 6.58. The van der Waals surface area contributed by atoms with E-state index in [1.165, 1.54) is 19.2 Å². The lowest BCUT2D eigenvalue weighted by Crippen LogP contribution is -2.27. The second-order valence-corrected chi connectivity index (χ2v) is 6.58. The van der Waals surface area contributed by atoms with Crippen LogP contribution in [0.1, 0.15) is 35.3 Å². The van der Waals surface area contributed by atoms with Crippen LogP contribution in [-0.2, 0) is 0 Å². The number of hydrogen-bond donors (Lipinski definition) is 6. The molecule has 0 radical (unpaired) electrons. The molecule has 3 aromatic rings. The third-order valence-electron chi connectivity index (χ3n) is 4.69. The summed E-state index contributed by atoms with van der Waals surface area (Å²) in [6.07, 6.45) is 0.660. The molecular weight excluding hydrogens is 386 g/mol. The quantitative estimate of drug-likeness (QED) is 0.331. The maximum absolute atomic E-state index is 12.5. The fourth-order valence-electron chi connectivity index (χ4n) is 3.10. The minimum Gasteiger partial charge on any atom is -0.505 e. The van der Waals surface area contributed by atoms with E-state index in [0.29, 0.717) is 6.42 Å². The Balaban J connectivity index is 2.03. The van der Waals surface area contributed by atoms with E-state index in [-0.39, 0.29) is 34.4 Å². The Labute approximate surface area is 172 Å². The number of phenols is 1. The van der Waals surface area contributed by atoms with Gasteiger partial charge >= 0.3 is 0 Å². The van der Waals surface area contributed by atoms with Crippen LogP contribution in [0.5, 0.6) is 5.75 Å². The summed E-state index contributed by atoms with van der Waals surface area (Å²) < 4.78 is 0. The topological polar surface area (TPSA) is 139 Å². The number of amides is 1. The molecule has 0 saturated heterocycles. The van der Waals surface area contributed by atoms with Crippen LogP contribution in [0.15, 0.2) is 58.1 Å². The number of benzene rings is 2. The molecule has 156 valence electrons. The molecule has 1 heterocycles. The normalized spacial score (nSPS) is 11.5. The summed E-state index contributed by atoms with van der Waals surface area (Å²) in [5.74, 6) is -0.818. The highest BCUT2D eigenvalue weighted by atomic mass is 16.3. The zero-order valence-electron chi connectivity index (χ0n) is 16.6. The number of H-pyrrole nitrogens is 2. The summed E-state index contributed by atoms with van der Waals surface area (Å²) in [6, 6.07) is 13.8.